The van der Waals surface area contributed by atoms with Gasteiger partial charge < -0.3 is 9.30 Å². The highest BCUT2D eigenvalue weighted by Crippen LogP contribution is 2.33. The maximum Gasteiger partial charge on any atom is 0.339 e. The number of thiophene rings is 1. The second-order valence-electron chi connectivity index (χ2n) is 7.36. The minimum Gasteiger partial charge on any atom is -0.465 e. The molecule has 3 aromatic heterocycles. The number of benzene rings is 1. The van der Waals surface area contributed by atoms with E-state index in [-0.39, 0.29) is 17.0 Å². The number of ether oxygens (including phenoxy) is 1. The van der Waals surface area contributed by atoms with Gasteiger partial charge in [-0.3, -0.25) is 13.9 Å². The normalized spacial score (nSPS) is 11.7. The van der Waals surface area contributed by atoms with Crippen LogP contribution in [-0.2, 0) is 18.3 Å². The van der Waals surface area contributed by atoms with Crippen LogP contribution in [0.2, 0.25) is 0 Å². The lowest BCUT2D eigenvalue weighted by atomic mass is 10.1. The number of para-hydroxylation sites is 2. The number of rotatable bonds is 5. The lowest BCUT2D eigenvalue weighted by Crippen LogP contribution is -2.38. The van der Waals surface area contributed by atoms with Crippen LogP contribution >= 0.6 is 23.1 Å². The lowest BCUT2D eigenvalue weighted by molar-refractivity contribution is 0.0602. The number of hydrogen-bond acceptors (Lipinski definition) is 7. The van der Waals surface area contributed by atoms with Crippen molar-refractivity contribution < 1.29 is 9.53 Å². The van der Waals surface area contributed by atoms with Crippen molar-refractivity contribution in [1.29, 1.82) is 0 Å². The van der Waals surface area contributed by atoms with Crippen LogP contribution in [0.3, 0.4) is 0 Å². The molecule has 31 heavy (non-hydrogen) atoms. The summed E-state index contributed by atoms with van der Waals surface area (Å²) < 4.78 is 9.65. The number of nitrogens with zero attached hydrogens (tertiary/aromatic N) is 4. The SMILES string of the molecule is COC(=O)c1c(Cn2c(SC)nc3ccccc32)sc2c1c(=O)n(C)c(=O)n2C(C)C. The molecule has 0 saturated heterocycles. The van der Waals surface area contributed by atoms with E-state index in [4.69, 9.17) is 4.74 Å². The topological polar surface area (TPSA) is 88.1 Å². The average Bonchev–Trinajstić information content (AvgIpc) is 3.30. The number of imidazole rings is 1. The zero-order chi connectivity index (χ0) is 22.4. The first kappa shape index (κ1) is 21.4. The molecule has 0 N–H and O–H groups in total. The van der Waals surface area contributed by atoms with Crippen molar-refractivity contribution in [2.45, 2.75) is 31.6 Å². The van der Waals surface area contributed by atoms with Gasteiger partial charge in [-0.05, 0) is 32.2 Å². The number of carbonyl (C=O) groups is 1. The Labute approximate surface area is 186 Å². The van der Waals surface area contributed by atoms with E-state index in [0.29, 0.717) is 16.3 Å². The van der Waals surface area contributed by atoms with Gasteiger partial charge in [-0.1, -0.05) is 23.9 Å². The predicted octanol–water partition coefficient (Wildman–Crippen LogP) is 3.25. The van der Waals surface area contributed by atoms with E-state index in [9.17, 15) is 14.4 Å². The Kier molecular flexibility index (Phi) is 5.52. The Morgan fingerprint density at radius 2 is 1.97 bits per heavy atom. The fourth-order valence-corrected chi connectivity index (χ4v) is 5.69. The largest absolute Gasteiger partial charge is 0.465 e. The molecule has 0 saturated carbocycles. The van der Waals surface area contributed by atoms with Crippen LogP contribution in [0.25, 0.3) is 21.3 Å². The number of hydrogen-bond donors (Lipinski definition) is 0. The van der Waals surface area contributed by atoms with Gasteiger partial charge in [0.1, 0.15) is 4.83 Å². The summed E-state index contributed by atoms with van der Waals surface area (Å²) in [5.41, 5.74) is 1.08. The maximum atomic E-state index is 13.0. The van der Waals surface area contributed by atoms with Gasteiger partial charge in [-0.2, -0.15) is 0 Å². The second-order valence-corrected chi connectivity index (χ2v) is 9.21. The van der Waals surface area contributed by atoms with Gasteiger partial charge in [0.25, 0.3) is 5.56 Å². The molecular formula is C21H22N4O4S2. The molecule has 0 amide bonds. The third-order valence-electron chi connectivity index (χ3n) is 5.20. The molecule has 0 spiro atoms. The summed E-state index contributed by atoms with van der Waals surface area (Å²) in [5, 5.41) is 1.02. The van der Waals surface area contributed by atoms with Gasteiger partial charge in [-0.15, -0.1) is 11.3 Å². The summed E-state index contributed by atoms with van der Waals surface area (Å²) in [4.78, 5) is 44.4. The van der Waals surface area contributed by atoms with Crippen LogP contribution < -0.4 is 11.2 Å². The zero-order valence-electron chi connectivity index (χ0n) is 17.8. The van der Waals surface area contributed by atoms with E-state index in [1.54, 1.807) is 4.57 Å². The zero-order valence-corrected chi connectivity index (χ0v) is 19.5. The molecule has 0 fully saturated rings. The van der Waals surface area contributed by atoms with Crippen molar-refractivity contribution in [2.75, 3.05) is 13.4 Å². The minimum absolute atomic E-state index is 0.186. The first-order valence-corrected chi connectivity index (χ1v) is 11.7. The van der Waals surface area contributed by atoms with Gasteiger partial charge >= 0.3 is 11.7 Å². The van der Waals surface area contributed by atoms with E-state index in [1.165, 1.54) is 37.3 Å². The number of esters is 1. The summed E-state index contributed by atoms with van der Waals surface area (Å²) in [6, 6.07) is 7.58. The Bertz CT molecular complexity index is 1440. The third-order valence-corrected chi connectivity index (χ3v) is 7.05. The van der Waals surface area contributed by atoms with E-state index < -0.39 is 17.2 Å². The van der Waals surface area contributed by atoms with Crippen LogP contribution in [0.15, 0.2) is 39.0 Å². The molecule has 1 aromatic carbocycles. The molecule has 0 radical (unpaired) electrons. The molecule has 3 heterocycles. The van der Waals surface area contributed by atoms with E-state index in [2.05, 4.69) is 4.98 Å². The van der Waals surface area contributed by atoms with Gasteiger partial charge in [0, 0.05) is 18.0 Å². The summed E-state index contributed by atoms with van der Waals surface area (Å²) in [5.74, 6) is -0.595. The highest BCUT2D eigenvalue weighted by atomic mass is 32.2. The van der Waals surface area contributed by atoms with Crippen LogP contribution in [0.4, 0.5) is 0 Å². The summed E-state index contributed by atoms with van der Waals surface area (Å²) in [6.45, 7) is 4.07. The summed E-state index contributed by atoms with van der Waals surface area (Å²) in [7, 11) is 2.72. The van der Waals surface area contributed by atoms with Crippen LogP contribution in [-0.4, -0.2) is 38.0 Å². The van der Waals surface area contributed by atoms with Crippen LogP contribution in [0, 0.1) is 0 Å². The molecule has 8 nitrogen and oxygen atoms in total. The average molecular weight is 459 g/mol. The number of carbonyl (C=O) groups excluding carboxylic acids is 1. The fourth-order valence-electron chi connectivity index (χ4n) is 3.73. The molecule has 10 heteroatoms. The van der Waals surface area contributed by atoms with Crippen LogP contribution in [0.1, 0.15) is 35.1 Å². The molecular weight excluding hydrogens is 436 g/mol. The van der Waals surface area contributed by atoms with Gasteiger partial charge in [0.15, 0.2) is 5.16 Å². The Morgan fingerprint density at radius 1 is 1.26 bits per heavy atom. The molecule has 0 aliphatic heterocycles. The third kappa shape index (κ3) is 3.30. The molecule has 0 aliphatic carbocycles. The molecule has 162 valence electrons. The number of fused-ring (bicyclic) bond motifs is 2. The van der Waals surface area contributed by atoms with Crippen molar-refractivity contribution in [3.63, 3.8) is 0 Å². The molecule has 0 bridgehead atoms. The van der Waals surface area contributed by atoms with E-state index in [1.807, 2.05) is 48.9 Å². The highest BCUT2D eigenvalue weighted by Gasteiger charge is 2.27. The summed E-state index contributed by atoms with van der Waals surface area (Å²) >= 11 is 2.78. The highest BCUT2D eigenvalue weighted by molar-refractivity contribution is 7.98. The van der Waals surface area contributed by atoms with E-state index >= 15 is 0 Å². The molecule has 4 rings (SSSR count). The maximum absolute atomic E-state index is 13.0. The standard InChI is InChI=1S/C21H22N4O4S2/c1-11(2)25-18-16(17(26)23(3)21(25)28)15(19(27)29-4)14(31-18)10-24-13-9-7-6-8-12(13)22-20(24)30-5/h6-9,11H,10H2,1-5H3. The number of methoxy groups -OCH3 is 1. The number of aromatic nitrogens is 4. The molecule has 0 aliphatic rings. The van der Waals surface area contributed by atoms with Crippen molar-refractivity contribution in [3.8, 4) is 0 Å². The Morgan fingerprint density at radius 3 is 2.61 bits per heavy atom. The minimum atomic E-state index is -0.595. The van der Waals surface area contributed by atoms with Crippen LogP contribution in [0.5, 0.6) is 0 Å². The quantitative estimate of drug-likeness (QED) is 0.337. The Hall–Kier alpha value is -2.85. The molecule has 4 aromatic rings. The lowest BCUT2D eigenvalue weighted by Gasteiger charge is -2.12. The summed E-state index contributed by atoms with van der Waals surface area (Å²) in [6.07, 6.45) is 1.94. The monoisotopic (exact) mass is 458 g/mol. The van der Waals surface area contributed by atoms with Gasteiger partial charge in [0.05, 0.1) is 35.6 Å². The second kappa shape index (κ2) is 8.01. The van der Waals surface area contributed by atoms with Crippen molar-refractivity contribution >= 4 is 50.3 Å². The smallest absolute Gasteiger partial charge is 0.339 e. The number of thioether (sulfide) groups is 1. The van der Waals surface area contributed by atoms with Crippen molar-refractivity contribution in [3.05, 3.63) is 55.5 Å². The van der Waals surface area contributed by atoms with E-state index in [0.717, 1.165) is 20.8 Å². The Balaban J connectivity index is 2.07. The van der Waals surface area contributed by atoms with Gasteiger partial charge in [0.2, 0.25) is 0 Å². The van der Waals surface area contributed by atoms with Gasteiger partial charge in [-0.25, -0.2) is 14.6 Å². The first-order valence-electron chi connectivity index (χ1n) is 9.64. The predicted molar refractivity (Wildman–Crippen MR) is 124 cm³/mol. The van der Waals surface area contributed by atoms with Crippen molar-refractivity contribution in [2.24, 2.45) is 7.05 Å². The molecule has 0 unspecified atom stereocenters. The van der Waals surface area contributed by atoms with Crippen molar-refractivity contribution in [1.82, 2.24) is 18.7 Å². The molecule has 0 atom stereocenters. The first-order chi connectivity index (χ1) is 14.8. The fraction of sp³-hybridized carbons (Fsp3) is 0.333.